The first-order valence-corrected chi connectivity index (χ1v) is 6.28. The third-order valence-corrected chi connectivity index (χ3v) is 3.57. The molecule has 15 heavy (non-hydrogen) atoms. The van der Waals surface area contributed by atoms with Gasteiger partial charge in [-0.1, -0.05) is 6.92 Å². The van der Waals surface area contributed by atoms with Crippen molar-refractivity contribution < 1.29 is 0 Å². The van der Waals surface area contributed by atoms with Crippen molar-refractivity contribution in [3.63, 3.8) is 0 Å². The van der Waals surface area contributed by atoms with Crippen LogP contribution < -0.4 is 11.5 Å². The van der Waals surface area contributed by atoms with Crippen LogP contribution in [0.5, 0.6) is 0 Å². The number of hydrogen-bond donors (Lipinski definition) is 3. The lowest BCUT2D eigenvalue weighted by Gasteiger charge is -2.07. The van der Waals surface area contributed by atoms with E-state index in [1.165, 1.54) is 0 Å². The van der Waals surface area contributed by atoms with Gasteiger partial charge in [-0.2, -0.15) is 11.8 Å². The molecule has 0 aromatic carbocycles. The Hall–Kier alpha value is -0.690. The summed E-state index contributed by atoms with van der Waals surface area (Å²) in [5, 5.41) is 0.377. The number of aromatic amines is 1. The second kappa shape index (κ2) is 6.02. The highest BCUT2D eigenvalue weighted by Gasteiger charge is 2.06. The second-order valence-electron chi connectivity index (χ2n) is 3.06. The van der Waals surface area contributed by atoms with E-state index < -0.39 is 0 Å². The highest BCUT2D eigenvalue weighted by molar-refractivity contribution is 9.10. The summed E-state index contributed by atoms with van der Waals surface area (Å²) in [7, 11) is 0. The zero-order valence-electron chi connectivity index (χ0n) is 8.40. The van der Waals surface area contributed by atoms with Crippen molar-refractivity contribution in [2.24, 2.45) is 16.5 Å². The molecule has 0 aliphatic rings. The Morgan fingerprint density at radius 1 is 1.73 bits per heavy atom. The van der Waals surface area contributed by atoms with Gasteiger partial charge in [-0.3, -0.25) is 4.99 Å². The van der Waals surface area contributed by atoms with E-state index >= 15 is 0 Å². The summed E-state index contributed by atoms with van der Waals surface area (Å²) >= 11 is 5.13. The first-order chi connectivity index (χ1) is 7.09. The maximum Gasteiger partial charge on any atom is 0.185 e. The molecule has 1 rings (SSSR count). The Morgan fingerprint density at radius 2 is 2.47 bits per heavy atom. The minimum atomic E-state index is 0.144. The smallest absolute Gasteiger partial charge is 0.185 e. The standard InChI is InChI=1S/C8H14BrN5S/c1-5(2-12-8(10)11)15-3-6-7(9)14-4-13-6/h4-5H,2-3H2,1H3,(H,13,14)(H4,10,11,12). The van der Waals surface area contributed by atoms with Gasteiger partial charge < -0.3 is 16.5 Å². The number of nitrogens with zero attached hydrogens (tertiary/aromatic N) is 2. The van der Waals surface area contributed by atoms with E-state index in [9.17, 15) is 0 Å². The van der Waals surface area contributed by atoms with Gasteiger partial charge in [0, 0.05) is 11.0 Å². The molecule has 7 heteroatoms. The van der Waals surface area contributed by atoms with Gasteiger partial charge in [0.25, 0.3) is 0 Å². The Bertz CT molecular complexity index is 334. The molecule has 5 N–H and O–H groups in total. The van der Waals surface area contributed by atoms with Crippen LogP contribution in [0.15, 0.2) is 15.9 Å². The van der Waals surface area contributed by atoms with Gasteiger partial charge in [0.15, 0.2) is 5.96 Å². The van der Waals surface area contributed by atoms with E-state index in [0.29, 0.717) is 11.8 Å². The number of nitrogens with one attached hydrogen (secondary N) is 1. The molecule has 5 nitrogen and oxygen atoms in total. The Labute approximate surface area is 101 Å². The van der Waals surface area contributed by atoms with Crippen molar-refractivity contribution in [3.05, 3.63) is 16.6 Å². The molecule has 1 heterocycles. The third-order valence-electron chi connectivity index (χ3n) is 1.71. The monoisotopic (exact) mass is 291 g/mol. The van der Waals surface area contributed by atoms with E-state index in [1.807, 2.05) is 0 Å². The Kier molecular flexibility index (Phi) is 4.97. The molecule has 0 fully saturated rings. The van der Waals surface area contributed by atoms with E-state index in [4.69, 9.17) is 11.5 Å². The van der Waals surface area contributed by atoms with Gasteiger partial charge in [0.1, 0.15) is 4.60 Å². The van der Waals surface area contributed by atoms with Crippen LogP contribution in [0.1, 0.15) is 12.6 Å². The fourth-order valence-corrected chi connectivity index (χ4v) is 2.31. The quantitative estimate of drug-likeness (QED) is 0.559. The number of rotatable bonds is 5. The normalized spacial score (nSPS) is 12.4. The molecule has 1 atom stereocenters. The number of H-pyrrole nitrogens is 1. The lowest BCUT2D eigenvalue weighted by atomic mass is 10.5. The van der Waals surface area contributed by atoms with Crippen molar-refractivity contribution >= 4 is 33.7 Å². The molecule has 0 spiro atoms. The predicted octanol–water partition coefficient (Wildman–Crippen LogP) is 1.07. The van der Waals surface area contributed by atoms with Crippen LogP contribution in [0.4, 0.5) is 0 Å². The first-order valence-electron chi connectivity index (χ1n) is 4.44. The Morgan fingerprint density at radius 3 is 3.00 bits per heavy atom. The first kappa shape index (κ1) is 12.4. The summed E-state index contributed by atoms with van der Waals surface area (Å²) in [5.74, 6) is 1.01. The number of imidazole rings is 1. The molecule has 1 unspecified atom stereocenters. The zero-order chi connectivity index (χ0) is 11.3. The molecule has 0 aliphatic carbocycles. The maximum atomic E-state index is 5.25. The average Bonchev–Trinajstić information content (AvgIpc) is 2.58. The van der Waals surface area contributed by atoms with E-state index in [0.717, 1.165) is 16.0 Å². The van der Waals surface area contributed by atoms with Crippen LogP contribution in [0.2, 0.25) is 0 Å². The highest BCUT2D eigenvalue weighted by atomic mass is 79.9. The molecule has 0 saturated heterocycles. The average molecular weight is 292 g/mol. The molecule has 0 bridgehead atoms. The van der Waals surface area contributed by atoms with Crippen molar-refractivity contribution in [1.29, 1.82) is 0 Å². The molecule has 0 radical (unpaired) electrons. The van der Waals surface area contributed by atoms with E-state index in [1.54, 1.807) is 18.1 Å². The van der Waals surface area contributed by atoms with Crippen LogP contribution in [-0.4, -0.2) is 27.7 Å². The number of nitrogens with two attached hydrogens (primary N) is 2. The fourth-order valence-electron chi connectivity index (χ4n) is 0.918. The zero-order valence-corrected chi connectivity index (χ0v) is 10.8. The van der Waals surface area contributed by atoms with Crippen molar-refractivity contribution in [1.82, 2.24) is 9.97 Å². The predicted molar refractivity (Wildman–Crippen MR) is 67.7 cm³/mol. The molecule has 0 amide bonds. The van der Waals surface area contributed by atoms with Crippen LogP contribution in [-0.2, 0) is 5.75 Å². The molecule has 1 aromatic heterocycles. The third kappa shape index (κ3) is 4.57. The number of halogens is 1. The van der Waals surface area contributed by atoms with Gasteiger partial charge in [0.2, 0.25) is 0 Å². The molecule has 0 saturated carbocycles. The SMILES string of the molecule is CC(CN=C(N)N)SCc1[nH]cnc1Br. The summed E-state index contributed by atoms with van der Waals surface area (Å²) in [6.07, 6.45) is 1.67. The van der Waals surface area contributed by atoms with Gasteiger partial charge in [-0.25, -0.2) is 4.98 Å². The van der Waals surface area contributed by atoms with Crippen LogP contribution in [0.25, 0.3) is 0 Å². The van der Waals surface area contributed by atoms with Crippen molar-refractivity contribution in [2.75, 3.05) is 6.54 Å². The number of hydrogen-bond acceptors (Lipinski definition) is 3. The van der Waals surface area contributed by atoms with Gasteiger partial charge in [0.05, 0.1) is 18.6 Å². The summed E-state index contributed by atoms with van der Waals surface area (Å²) in [5.41, 5.74) is 11.6. The van der Waals surface area contributed by atoms with Crippen LogP contribution in [0, 0.1) is 0 Å². The number of aromatic nitrogens is 2. The molecule has 0 aliphatic heterocycles. The second-order valence-corrected chi connectivity index (χ2v) is 5.24. The Balaban J connectivity index is 2.31. The number of guanidine groups is 1. The van der Waals surface area contributed by atoms with Gasteiger partial charge in [-0.05, 0) is 15.9 Å². The minimum absolute atomic E-state index is 0.144. The number of thioether (sulfide) groups is 1. The molecular formula is C8H14BrN5S. The molecule has 84 valence electrons. The number of aliphatic imine (C=N–C) groups is 1. The topological polar surface area (TPSA) is 93.1 Å². The largest absolute Gasteiger partial charge is 0.370 e. The van der Waals surface area contributed by atoms with E-state index in [2.05, 4.69) is 37.8 Å². The van der Waals surface area contributed by atoms with Crippen molar-refractivity contribution in [3.8, 4) is 0 Å². The summed E-state index contributed by atoms with van der Waals surface area (Å²) in [6.45, 7) is 2.72. The summed E-state index contributed by atoms with van der Waals surface area (Å²) in [6, 6.07) is 0. The fraction of sp³-hybridized carbons (Fsp3) is 0.500. The van der Waals surface area contributed by atoms with Crippen LogP contribution >= 0.6 is 27.7 Å². The summed E-state index contributed by atoms with van der Waals surface area (Å²) < 4.78 is 0.865. The highest BCUT2D eigenvalue weighted by Crippen LogP contribution is 2.21. The summed E-state index contributed by atoms with van der Waals surface area (Å²) in [4.78, 5) is 11.1. The van der Waals surface area contributed by atoms with Crippen LogP contribution in [0.3, 0.4) is 0 Å². The minimum Gasteiger partial charge on any atom is -0.370 e. The van der Waals surface area contributed by atoms with Gasteiger partial charge >= 0.3 is 0 Å². The van der Waals surface area contributed by atoms with E-state index in [-0.39, 0.29) is 5.96 Å². The molecular weight excluding hydrogens is 278 g/mol. The van der Waals surface area contributed by atoms with Gasteiger partial charge in [-0.15, -0.1) is 0 Å². The lowest BCUT2D eigenvalue weighted by molar-refractivity contribution is 0.944. The lowest BCUT2D eigenvalue weighted by Crippen LogP contribution is -2.24. The maximum absolute atomic E-state index is 5.25. The van der Waals surface area contributed by atoms with Crippen molar-refractivity contribution in [2.45, 2.75) is 17.9 Å². The molecule has 1 aromatic rings.